The van der Waals surface area contributed by atoms with Crippen molar-refractivity contribution >= 4 is 36.9 Å². The Kier molecular flexibility index (Phi) is 15.3. The smallest absolute Gasteiger partial charge is 0.390 e. The van der Waals surface area contributed by atoms with Crippen LogP contribution in [0.4, 0.5) is 0 Å². The van der Waals surface area contributed by atoms with E-state index in [0.29, 0.717) is 12.8 Å². The highest BCUT2D eigenvalue weighted by atomic mass is 32.2. The molecule has 0 amide bonds. The molecule has 0 saturated heterocycles. The number of phosphoric ester groups is 1. The Balaban J connectivity index is 4.18. The molecule has 0 aromatic heterocycles. The van der Waals surface area contributed by atoms with E-state index in [0.717, 1.165) is 30.1 Å². The van der Waals surface area contributed by atoms with Crippen molar-refractivity contribution in [1.82, 2.24) is 0 Å². The average Bonchev–Trinajstić information content (AvgIpc) is 2.70. The summed E-state index contributed by atoms with van der Waals surface area (Å²) in [6.45, 7) is 15.4. The first-order chi connectivity index (χ1) is 16.2. The maximum Gasteiger partial charge on any atom is 0.472 e. The Bertz CT molecular complexity index is 771. The number of carbonyl (C=O) groups is 2. The van der Waals surface area contributed by atoms with Crippen molar-refractivity contribution in [2.75, 3.05) is 18.1 Å². The van der Waals surface area contributed by atoms with Crippen molar-refractivity contribution in [3.05, 3.63) is 0 Å². The van der Waals surface area contributed by atoms with Gasteiger partial charge in [0.25, 0.3) is 0 Å². The second kappa shape index (κ2) is 15.6. The molecule has 0 bridgehead atoms. The molecule has 212 valence electrons. The van der Waals surface area contributed by atoms with Crippen molar-refractivity contribution in [3.63, 3.8) is 0 Å². The molecule has 0 saturated carbocycles. The Labute approximate surface area is 221 Å². The van der Waals surface area contributed by atoms with Crippen LogP contribution in [-0.4, -0.2) is 62.7 Å². The minimum absolute atomic E-state index is 0.0512. The van der Waals surface area contributed by atoms with E-state index in [4.69, 9.17) is 13.9 Å². The van der Waals surface area contributed by atoms with Gasteiger partial charge >= 0.3 is 7.82 Å². The lowest BCUT2D eigenvalue weighted by atomic mass is 9.84. The van der Waals surface area contributed by atoms with Gasteiger partial charge in [-0.1, -0.05) is 19.0 Å². The second-order valence-corrected chi connectivity index (χ2v) is 14.3. The fourth-order valence-corrected chi connectivity index (χ4v) is 5.04. The molecule has 0 heterocycles. The standard InChI is InChI=1S/C25H48NO8PS/c1-19(26-33-23(2,3)4)15-17-36-16-11-13-20(27)12-10-14-21(28)22(29)25(8,9)18-32-35(30,31)34-24(5,6)7/h22,29H,10-18H2,1-9H3,(H,30,31)/b26-19+. The first-order valence-electron chi connectivity index (χ1n) is 12.4. The van der Waals surface area contributed by atoms with Crippen LogP contribution in [0.3, 0.4) is 0 Å². The Morgan fingerprint density at radius 1 is 0.917 bits per heavy atom. The van der Waals surface area contributed by atoms with E-state index >= 15 is 0 Å². The maximum atomic E-state index is 12.4. The number of rotatable bonds is 18. The van der Waals surface area contributed by atoms with Gasteiger partial charge in [0.2, 0.25) is 0 Å². The lowest BCUT2D eigenvalue weighted by Crippen LogP contribution is -2.39. The molecular formula is C25H48NO8PS. The average molecular weight is 554 g/mol. The predicted molar refractivity (Wildman–Crippen MR) is 145 cm³/mol. The molecule has 0 aliphatic rings. The van der Waals surface area contributed by atoms with Crippen molar-refractivity contribution in [3.8, 4) is 0 Å². The van der Waals surface area contributed by atoms with Gasteiger partial charge in [0.1, 0.15) is 17.5 Å². The predicted octanol–water partition coefficient (Wildman–Crippen LogP) is 5.71. The van der Waals surface area contributed by atoms with E-state index in [1.807, 2.05) is 27.7 Å². The Morgan fingerprint density at radius 3 is 2.06 bits per heavy atom. The zero-order chi connectivity index (χ0) is 28.2. The van der Waals surface area contributed by atoms with Crippen LogP contribution in [0.15, 0.2) is 5.16 Å². The van der Waals surface area contributed by atoms with Crippen molar-refractivity contribution in [2.24, 2.45) is 10.6 Å². The highest BCUT2D eigenvalue weighted by Gasteiger charge is 2.37. The van der Waals surface area contributed by atoms with Crippen molar-refractivity contribution < 1.29 is 38.0 Å². The van der Waals surface area contributed by atoms with Crippen LogP contribution in [-0.2, 0) is 28.0 Å². The van der Waals surface area contributed by atoms with Crippen LogP contribution in [0.5, 0.6) is 0 Å². The molecule has 0 aromatic carbocycles. The number of thioether (sulfide) groups is 1. The first kappa shape index (κ1) is 35.2. The van der Waals surface area contributed by atoms with Crippen LogP contribution < -0.4 is 0 Å². The minimum Gasteiger partial charge on any atom is -0.390 e. The normalized spacial score (nSPS) is 15.9. The van der Waals surface area contributed by atoms with E-state index < -0.39 is 30.7 Å². The number of Topliss-reactive ketones (excluding diaryl/α,β-unsaturated/α-hetero) is 2. The van der Waals surface area contributed by atoms with E-state index in [1.165, 1.54) is 0 Å². The summed E-state index contributed by atoms with van der Waals surface area (Å²) < 4.78 is 22.1. The van der Waals surface area contributed by atoms with Gasteiger partial charge in [0.05, 0.1) is 17.9 Å². The van der Waals surface area contributed by atoms with Crippen molar-refractivity contribution in [1.29, 1.82) is 0 Å². The molecule has 0 fully saturated rings. The Hall–Kier alpha value is -0.770. The van der Waals surface area contributed by atoms with Gasteiger partial charge in [0.15, 0.2) is 5.78 Å². The molecule has 9 nitrogen and oxygen atoms in total. The van der Waals surface area contributed by atoms with Gasteiger partial charge in [-0.3, -0.25) is 18.6 Å². The number of hydrogen-bond donors (Lipinski definition) is 2. The zero-order valence-corrected chi connectivity index (χ0v) is 25.3. The highest BCUT2D eigenvalue weighted by molar-refractivity contribution is 7.99. The third-order valence-corrected chi connectivity index (χ3v) is 7.04. The minimum atomic E-state index is -4.33. The van der Waals surface area contributed by atoms with Gasteiger partial charge in [-0.2, -0.15) is 11.8 Å². The van der Waals surface area contributed by atoms with E-state index in [9.17, 15) is 24.2 Å². The molecule has 2 atom stereocenters. The van der Waals surface area contributed by atoms with Gasteiger partial charge in [-0.15, -0.1) is 0 Å². The molecule has 0 aliphatic heterocycles. The number of aliphatic hydroxyl groups excluding tert-OH is 1. The number of aliphatic hydroxyl groups is 1. The number of ketones is 2. The number of oxime groups is 1. The van der Waals surface area contributed by atoms with E-state index in [-0.39, 0.29) is 30.8 Å². The second-order valence-electron chi connectivity index (χ2n) is 11.7. The van der Waals surface area contributed by atoms with Gasteiger partial charge in [-0.25, -0.2) is 4.57 Å². The zero-order valence-electron chi connectivity index (χ0n) is 23.6. The van der Waals surface area contributed by atoms with Gasteiger partial charge in [-0.05, 0) is 79.2 Å². The van der Waals surface area contributed by atoms with Crippen LogP contribution in [0.25, 0.3) is 0 Å². The quantitative estimate of drug-likeness (QED) is 0.0948. The first-order valence-corrected chi connectivity index (χ1v) is 15.1. The van der Waals surface area contributed by atoms with E-state index in [2.05, 4.69) is 5.16 Å². The summed E-state index contributed by atoms with van der Waals surface area (Å²) in [5.41, 5.74) is -1.34. The Morgan fingerprint density at radius 2 is 1.50 bits per heavy atom. The summed E-state index contributed by atoms with van der Waals surface area (Å²) in [4.78, 5) is 39.8. The number of phosphoric acid groups is 1. The lowest BCUT2D eigenvalue weighted by Gasteiger charge is -2.31. The summed E-state index contributed by atoms with van der Waals surface area (Å²) in [5, 5.41) is 14.5. The molecule has 0 rings (SSSR count). The largest absolute Gasteiger partial charge is 0.472 e. The van der Waals surface area contributed by atoms with Crippen LogP contribution in [0.2, 0.25) is 0 Å². The van der Waals surface area contributed by atoms with Crippen LogP contribution >= 0.6 is 19.6 Å². The molecule has 0 aliphatic carbocycles. The summed E-state index contributed by atoms with van der Waals surface area (Å²) >= 11 is 1.77. The van der Waals surface area contributed by atoms with Gasteiger partial charge < -0.3 is 14.8 Å². The molecular weight excluding hydrogens is 505 g/mol. The lowest BCUT2D eigenvalue weighted by molar-refractivity contribution is -0.135. The van der Waals surface area contributed by atoms with Crippen molar-refractivity contribution in [2.45, 2.75) is 118 Å². The molecule has 0 aromatic rings. The number of nitrogens with zero attached hydrogens (tertiary/aromatic N) is 1. The summed E-state index contributed by atoms with van der Waals surface area (Å²) in [6.07, 6.45) is 1.37. The molecule has 2 unspecified atom stereocenters. The van der Waals surface area contributed by atoms with Crippen LogP contribution in [0, 0.1) is 5.41 Å². The maximum absolute atomic E-state index is 12.4. The fourth-order valence-electron chi connectivity index (χ4n) is 2.81. The molecule has 0 spiro atoms. The number of hydrogen-bond acceptors (Lipinski definition) is 9. The third-order valence-electron chi connectivity index (χ3n) is 4.74. The topological polar surface area (TPSA) is 132 Å². The fraction of sp³-hybridized carbons (Fsp3) is 0.880. The monoisotopic (exact) mass is 553 g/mol. The highest BCUT2D eigenvalue weighted by Crippen LogP contribution is 2.48. The summed E-state index contributed by atoms with van der Waals surface area (Å²) in [7, 11) is -4.33. The summed E-state index contributed by atoms with van der Waals surface area (Å²) in [5.74, 6) is 1.46. The molecule has 2 N–H and O–H groups in total. The third kappa shape index (κ3) is 18.5. The summed E-state index contributed by atoms with van der Waals surface area (Å²) in [6, 6.07) is 0. The van der Waals surface area contributed by atoms with Gasteiger partial charge in [0, 0.05) is 24.7 Å². The SMILES string of the molecule is C/C(CCSCCCC(=O)CCCC(=O)C(O)C(C)(C)COP(=O)(O)OC(C)(C)C)=N\OC(C)(C)C. The molecule has 11 heteroatoms. The molecule has 36 heavy (non-hydrogen) atoms. The van der Waals surface area contributed by atoms with Crippen LogP contribution in [0.1, 0.15) is 101 Å². The number of carbonyl (C=O) groups excluding carboxylic acids is 2. The molecule has 0 radical (unpaired) electrons. The van der Waals surface area contributed by atoms with E-state index in [1.54, 1.807) is 46.4 Å².